The van der Waals surface area contributed by atoms with Gasteiger partial charge in [-0.1, -0.05) is 41.9 Å². The van der Waals surface area contributed by atoms with Crippen molar-refractivity contribution in [2.45, 2.75) is 43.9 Å². The second kappa shape index (κ2) is 10.9. The van der Waals surface area contributed by atoms with Crippen LogP contribution in [0.5, 0.6) is 5.75 Å². The van der Waals surface area contributed by atoms with Gasteiger partial charge >= 0.3 is 7.12 Å². The minimum absolute atomic E-state index is 0.112. The molecule has 0 radical (unpaired) electrons. The summed E-state index contributed by atoms with van der Waals surface area (Å²) in [7, 11) is -1.66. The van der Waals surface area contributed by atoms with Gasteiger partial charge in [-0.25, -0.2) is 0 Å². The first-order chi connectivity index (χ1) is 16.3. The molecule has 0 spiro atoms. The third-order valence-corrected chi connectivity index (χ3v) is 6.44. The summed E-state index contributed by atoms with van der Waals surface area (Å²) in [6.07, 6.45) is 3.19. The number of hydrogen-bond acceptors (Lipinski definition) is 7. The number of benzene rings is 2. The Kier molecular flexibility index (Phi) is 7.90. The number of likely N-dealkylation sites (tertiary alicyclic amines) is 1. The predicted octanol–water partition coefficient (Wildman–Crippen LogP) is 1.06. The smallest absolute Gasteiger partial charge is 0.488 e. The van der Waals surface area contributed by atoms with Gasteiger partial charge < -0.3 is 30.1 Å². The fourth-order valence-electron chi connectivity index (χ4n) is 4.03. The molecule has 4 N–H and O–H groups in total. The number of nitrogens with one attached hydrogen (secondary N) is 1. The van der Waals surface area contributed by atoms with Crippen molar-refractivity contribution in [3.05, 3.63) is 58.6 Å². The third-order valence-electron chi connectivity index (χ3n) is 6.14. The molecule has 1 saturated carbocycles. The van der Waals surface area contributed by atoms with Gasteiger partial charge in [-0.3, -0.25) is 9.59 Å². The number of halogens is 1. The van der Waals surface area contributed by atoms with Gasteiger partial charge in [0.1, 0.15) is 11.9 Å². The second-order valence-corrected chi connectivity index (χ2v) is 9.27. The maximum atomic E-state index is 12.8. The van der Waals surface area contributed by atoms with Crippen molar-refractivity contribution < 1.29 is 29.5 Å². The van der Waals surface area contributed by atoms with E-state index in [1.165, 1.54) is 24.3 Å². The number of aliphatic hydroxyl groups is 1. The van der Waals surface area contributed by atoms with E-state index in [4.69, 9.17) is 16.3 Å². The van der Waals surface area contributed by atoms with Gasteiger partial charge in [0, 0.05) is 12.1 Å². The van der Waals surface area contributed by atoms with Gasteiger partial charge in [0.25, 0.3) is 5.91 Å². The number of amides is 1. The van der Waals surface area contributed by atoms with Gasteiger partial charge in [0.2, 0.25) is 5.78 Å². The highest BCUT2D eigenvalue weighted by Gasteiger charge is 2.30. The SMILES string of the molecule is O=C(NC(CN1CCCC1)C(O)c1ccc(OC2CC2)c(Cl)c1)C(=O)c1ccc(B(O)O)cc1. The lowest BCUT2D eigenvalue weighted by atomic mass is 9.80. The number of Topliss-reactive ketones (excluding diaryl/α,β-unsaturated/α-hetero) is 1. The van der Waals surface area contributed by atoms with Crippen molar-refractivity contribution in [2.24, 2.45) is 0 Å². The first kappa shape index (κ1) is 24.7. The van der Waals surface area contributed by atoms with E-state index in [-0.39, 0.29) is 17.1 Å². The summed E-state index contributed by atoms with van der Waals surface area (Å²) >= 11 is 6.37. The molecule has 2 unspecified atom stereocenters. The molecule has 10 heteroatoms. The Balaban J connectivity index is 1.48. The summed E-state index contributed by atoms with van der Waals surface area (Å²) < 4.78 is 5.76. The van der Waals surface area contributed by atoms with Crippen LogP contribution < -0.4 is 15.5 Å². The number of ether oxygens (including phenoxy) is 1. The van der Waals surface area contributed by atoms with Crippen LogP contribution in [-0.4, -0.2) is 70.6 Å². The Morgan fingerprint density at radius 2 is 1.79 bits per heavy atom. The molecule has 0 bridgehead atoms. The Labute approximate surface area is 203 Å². The fourth-order valence-corrected chi connectivity index (χ4v) is 4.27. The van der Waals surface area contributed by atoms with Crippen LogP contribution in [0.15, 0.2) is 42.5 Å². The van der Waals surface area contributed by atoms with Crippen molar-refractivity contribution in [3.8, 4) is 5.75 Å². The monoisotopic (exact) mass is 486 g/mol. The van der Waals surface area contributed by atoms with E-state index in [0.717, 1.165) is 38.8 Å². The molecule has 4 rings (SSSR count). The minimum atomic E-state index is -1.66. The number of hydrogen-bond donors (Lipinski definition) is 4. The Hall–Kier alpha value is -2.43. The van der Waals surface area contributed by atoms with Crippen molar-refractivity contribution in [1.29, 1.82) is 0 Å². The van der Waals surface area contributed by atoms with E-state index >= 15 is 0 Å². The average Bonchev–Trinajstić information content (AvgIpc) is 3.50. The number of rotatable bonds is 10. The lowest BCUT2D eigenvalue weighted by molar-refractivity contribution is -0.118. The largest absolute Gasteiger partial charge is 0.489 e. The standard InChI is InChI=1S/C24H28BClN2O6/c26-19-13-16(5-10-21(19)34-18-8-9-18)22(29)20(14-28-11-1-2-12-28)27-24(31)23(30)15-3-6-17(7-4-15)25(32)33/h3-7,10,13,18,20,22,29,32-33H,1-2,8-9,11-12,14H2,(H,27,31). The van der Waals surface area contributed by atoms with Crippen molar-refractivity contribution in [3.63, 3.8) is 0 Å². The summed E-state index contributed by atoms with van der Waals surface area (Å²) in [4.78, 5) is 27.6. The molecule has 1 aliphatic heterocycles. The van der Waals surface area contributed by atoms with Crippen LogP contribution >= 0.6 is 11.6 Å². The van der Waals surface area contributed by atoms with E-state index in [1.54, 1.807) is 18.2 Å². The van der Waals surface area contributed by atoms with Gasteiger partial charge in [-0.2, -0.15) is 0 Å². The molecule has 180 valence electrons. The maximum absolute atomic E-state index is 12.8. The van der Waals surface area contributed by atoms with E-state index in [9.17, 15) is 24.7 Å². The van der Waals surface area contributed by atoms with Crippen LogP contribution in [0.3, 0.4) is 0 Å². The zero-order chi connectivity index (χ0) is 24.2. The minimum Gasteiger partial charge on any atom is -0.489 e. The van der Waals surface area contributed by atoms with Crippen molar-refractivity contribution in [2.75, 3.05) is 19.6 Å². The van der Waals surface area contributed by atoms with Gasteiger partial charge in [-0.15, -0.1) is 0 Å². The quantitative estimate of drug-likeness (QED) is 0.225. The first-order valence-electron chi connectivity index (χ1n) is 11.5. The number of carbonyl (C=O) groups is 2. The molecule has 34 heavy (non-hydrogen) atoms. The van der Waals surface area contributed by atoms with E-state index in [1.807, 2.05) is 0 Å². The first-order valence-corrected chi connectivity index (χ1v) is 11.9. The number of nitrogens with zero attached hydrogens (tertiary/aromatic N) is 1. The zero-order valence-corrected chi connectivity index (χ0v) is 19.4. The molecule has 2 atom stereocenters. The van der Waals surface area contributed by atoms with Gasteiger partial charge in [-0.05, 0) is 61.9 Å². The molecule has 2 aromatic rings. The predicted molar refractivity (Wildman–Crippen MR) is 128 cm³/mol. The highest BCUT2D eigenvalue weighted by atomic mass is 35.5. The number of ketones is 1. The Bertz CT molecular complexity index is 1020. The van der Waals surface area contributed by atoms with Crippen molar-refractivity contribution in [1.82, 2.24) is 10.2 Å². The van der Waals surface area contributed by atoms with E-state index in [2.05, 4.69) is 10.2 Å². The molecule has 2 aliphatic rings. The van der Waals surface area contributed by atoms with Gasteiger partial charge in [0.15, 0.2) is 0 Å². The van der Waals surface area contributed by atoms with Crippen LogP contribution in [0.2, 0.25) is 5.02 Å². The van der Waals surface area contributed by atoms with E-state index in [0.29, 0.717) is 22.9 Å². The summed E-state index contributed by atoms with van der Waals surface area (Å²) in [6.45, 7) is 2.09. The molecule has 1 heterocycles. The summed E-state index contributed by atoms with van der Waals surface area (Å²) in [5.41, 5.74) is 0.845. The summed E-state index contributed by atoms with van der Waals surface area (Å²) in [6, 6.07) is 9.80. The maximum Gasteiger partial charge on any atom is 0.488 e. The van der Waals surface area contributed by atoms with Crippen LogP contribution in [0.4, 0.5) is 0 Å². The molecule has 8 nitrogen and oxygen atoms in total. The molecule has 2 aromatic carbocycles. The molecule has 1 aliphatic carbocycles. The lowest BCUT2D eigenvalue weighted by Gasteiger charge is -2.28. The van der Waals surface area contributed by atoms with Crippen molar-refractivity contribution >= 4 is 35.9 Å². The highest BCUT2D eigenvalue weighted by molar-refractivity contribution is 6.58. The second-order valence-electron chi connectivity index (χ2n) is 8.86. The lowest BCUT2D eigenvalue weighted by Crippen LogP contribution is -2.48. The molecule has 1 saturated heterocycles. The summed E-state index contributed by atoms with van der Waals surface area (Å²) in [5, 5.41) is 32.6. The molecular formula is C24H28BClN2O6. The average molecular weight is 487 g/mol. The normalized spacial score (nSPS) is 17.8. The molecule has 1 amide bonds. The van der Waals surface area contributed by atoms with Crippen LogP contribution in [0, 0.1) is 0 Å². The Morgan fingerprint density at radius 3 is 2.38 bits per heavy atom. The fraction of sp³-hybridized carbons (Fsp3) is 0.417. The molecule has 2 fully saturated rings. The molecular weight excluding hydrogens is 459 g/mol. The highest BCUT2D eigenvalue weighted by Crippen LogP contribution is 2.34. The zero-order valence-electron chi connectivity index (χ0n) is 18.7. The third kappa shape index (κ3) is 6.17. The summed E-state index contributed by atoms with van der Waals surface area (Å²) in [5.74, 6) is -1.06. The molecule has 0 aromatic heterocycles. The van der Waals surface area contributed by atoms with E-state index < -0.39 is 31.0 Å². The van der Waals surface area contributed by atoms with Crippen LogP contribution in [0.25, 0.3) is 0 Å². The Morgan fingerprint density at radius 1 is 1.12 bits per heavy atom. The van der Waals surface area contributed by atoms with Crippen LogP contribution in [-0.2, 0) is 4.79 Å². The van der Waals surface area contributed by atoms with Gasteiger partial charge in [0.05, 0.1) is 17.2 Å². The van der Waals surface area contributed by atoms with Crippen LogP contribution in [0.1, 0.15) is 47.7 Å². The topological polar surface area (TPSA) is 119 Å². The number of aliphatic hydroxyl groups excluding tert-OH is 1. The number of carbonyl (C=O) groups excluding carboxylic acids is 2.